The van der Waals surface area contributed by atoms with Crippen LogP contribution in [-0.4, -0.2) is 5.78 Å². The van der Waals surface area contributed by atoms with Crippen LogP contribution in [-0.2, 0) is 4.79 Å². The minimum atomic E-state index is 0.276. The molecule has 1 unspecified atom stereocenters. The average Bonchev–Trinajstić information content (AvgIpc) is 2.03. The van der Waals surface area contributed by atoms with Crippen LogP contribution in [0.15, 0.2) is 24.8 Å². The van der Waals surface area contributed by atoms with Crippen molar-refractivity contribution in [3.8, 4) is 0 Å². The number of Topliss-reactive ketones (excluding diaryl/α,β-unsaturated/α-hetero) is 1. The SMILES string of the molecule is C=C/C=C\C(CCC(C)=O)C(C)C. The van der Waals surface area contributed by atoms with Crippen LogP contribution >= 0.6 is 0 Å². The Hall–Kier alpha value is -0.850. The molecule has 0 aliphatic carbocycles. The lowest BCUT2D eigenvalue weighted by Crippen LogP contribution is -2.07. The van der Waals surface area contributed by atoms with Gasteiger partial charge in [0.05, 0.1) is 0 Å². The number of rotatable bonds is 6. The monoisotopic (exact) mass is 180 g/mol. The van der Waals surface area contributed by atoms with Gasteiger partial charge in [0.15, 0.2) is 0 Å². The van der Waals surface area contributed by atoms with Gasteiger partial charge in [0.25, 0.3) is 0 Å². The smallest absolute Gasteiger partial charge is 0.129 e. The van der Waals surface area contributed by atoms with E-state index in [0.717, 1.165) is 6.42 Å². The summed E-state index contributed by atoms with van der Waals surface area (Å²) >= 11 is 0. The number of ketones is 1. The first-order chi connectivity index (χ1) is 6.07. The maximum atomic E-state index is 10.8. The first kappa shape index (κ1) is 12.2. The molecule has 0 rings (SSSR count). The molecule has 0 aromatic carbocycles. The number of hydrogen-bond donors (Lipinski definition) is 0. The fourth-order valence-electron chi connectivity index (χ4n) is 1.24. The lowest BCUT2D eigenvalue weighted by atomic mass is 9.90. The van der Waals surface area contributed by atoms with Crippen LogP contribution in [0.25, 0.3) is 0 Å². The Morgan fingerprint density at radius 3 is 2.46 bits per heavy atom. The largest absolute Gasteiger partial charge is 0.300 e. The molecule has 1 heteroatoms. The third kappa shape index (κ3) is 6.32. The molecule has 0 saturated carbocycles. The minimum absolute atomic E-state index is 0.276. The van der Waals surface area contributed by atoms with Gasteiger partial charge >= 0.3 is 0 Å². The maximum Gasteiger partial charge on any atom is 0.129 e. The van der Waals surface area contributed by atoms with E-state index >= 15 is 0 Å². The Morgan fingerprint density at radius 1 is 1.46 bits per heavy atom. The summed E-state index contributed by atoms with van der Waals surface area (Å²) in [5.74, 6) is 1.37. The first-order valence-corrected chi connectivity index (χ1v) is 4.86. The van der Waals surface area contributed by atoms with E-state index in [1.807, 2.05) is 6.08 Å². The molecule has 0 heterocycles. The molecule has 13 heavy (non-hydrogen) atoms. The second-order valence-corrected chi connectivity index (χ2v) is 3.77. The fourth-order valence-corrected chi connectivity index (χ4v) is 1.24. The zero-order chi connectivity index (χ0) is 10.3. The highest BCUT2D eigenvalue weighted by molar-refractivity contribution is 5.75. The normalized spacial score (nSPS) is 13.5. The van der Waals surface area contributed by atoms with Crippen LogP contribution in [0.5, 0.6) is 0 Å². The van der Waals surface area contributed by atoms with Gasteiger partial charge in [-0.3, -0.25) is 0 Å². The van der Waals surface area contributed by atoms with Crippen LogP contribution in [0.4, 0.5) is 0 Å². The second-order valence-electron chi connectivity index (χ2n) is 3.77. The predicted molar refractivity (Wildman–Crippen MR) is 57.6 cm³/mol. The molecule has 0 aliphatic rings. The Labute approximate surface area is 81.5 Å². The van der Waals surface area contributed by atoms with Crippen LogP contribution < -0.4 is 0 Å². The van der Waals surface area contributed by atoms with Gasteiger partial charge in [-0.25, -0.2) is 0 Å². The quantitative estimate of drug-likeness (QED) is 0.573. The molecule has 0 N–H and O–H groups in total. The van der Waals surface area contributed by atoms with Gasteiger partial charge in [-0.2, -0.15) is 0 Å². The van der Waals surface area contributed by atoms with Crippen LogP contribution in [0.3, 0.4) is 0 Å². The van der Waals surface area contributed by atoms with Gasteiger partial charge in [-0.05, 0) is 25.2 Å². The molecule has 0 aromatic heterocycles. The second kappa shape index (κ2) is 6.64. The summed E-state index contributed by atoms with van der Waals surface area (Å²) in [6.45, 7) is 9.64. The van der Waals surface area contributed by atoms with E-state index in [-0.39, 0.29) is 5.78 Å². The minimum Gasteiger partial charge on any atom is -0.300 e. The zero-order valence-electron chi connectivity index (χ0n) is 8.92. The Balaban J connectivity index is 4.02. The molecular formula is C12H20O. The van der Waals surface area contributed by atoms with E-state index in [4.69, 9.17) is 0 Å². The lowest BCUT2D eigenvalue weighted by molar-refractivity contribution is -0.117. The molecule has 0 fully saturated rings. The summed E-state index contributed by atoms with van der Waals surface area (Å²) in [7, 11) is 0. The maximum absolute atomic E-state index is 10.8. The van der Waals surface area contributed by atoms with Crippen molar-refractivity contribution in [1.29, 1.82) is 0 Å². The van der Waals surface area contributed by atoms with E-state index in [1.54, 1.807) is 13.0 Å². The standard InChI is InChI=1S/C12H20O/c1-5-6-7-12(10(2)3)9-8-11(4)13/h5-7,10,12H,1,8-9H2,2-4H3/b7-6-. The summed E-state index contributed by atoms with van der Waals surface area (Å²) in [6.07, 6.45) is 7.52. The molecular weight excluding hydrogens is 160 g/mol. The third-order valence-electron chi connectivity index (χ3n) is 2.18. The van der Waals surface area contributed by atoms with Crippen molar-refractivity contribution in [3.63, 3.8) is 0 Å². The molecule has 0 saturated heterocycles. The molecule has 0 amide bonds. The highest BCUT2D eigenvalue weighted by Crippen LogP contribution is 2.18. The summed E-state index contributed by atoms with van der Waals surface area (Å²) in [4.78, 5) is 10.8. The van der Waals surface area contributed by atoms with Gasteiger partial charge in [0.2, 0.25) is 0 Å². The number of hydrogen-bond acceptors (Lipinski definition) is 1. The van der Waals surface area contributed by atoms with Crippen LogP contribution in [0, 0.1) is 11.8 Å². The van der Waals surface area contributed by atoms with E-state index < -0.39 is 0 Å². The van der Waals surface area contributed by atoms with Gasteiger partial charge in [-0.15, -0.1) is 0 Å². The van der Waals surface area contributed by atoms with Crippen molar-refractivity contribution < 1.29 is 4.79 Å². The van der Waals surface area contributed by atoms with Crippen molar-refractivity contribution in [2.45, 2.75) is 33.6 Å². The molecule has 0 bridgehead atoms. The Morgan fingerprint density at radius 2 is 2.08 bits per heavy atom. The lowest BCUT2D eigenvalue weighted by Gasteiger charge is -2.15. The molecule has 0 aliphatic heterocycles. The van der Waals surface area contributed by atoms with Crippen molar-refractivity contribution in [2.75, 3.05) is 0 Å². The van der Waals surface area contributed by atoms with Crippen LogP contribution in [0.2, 0.25) is 0 Å². The van der Waals surface area contributed by atoms with Crippen molar-refractivity contribution in [2.24, 2.45) is 11.8 Å². The number of carbonyl (C=O) groups is 1. The summed E-state index contributed by atoms with van der Waals surface area (Å²) < 4.78 is 0. The Kier molecular flexibility index (Phi) is 6.21. The van der Waals surface area contributed by atoms with Crippen molar-refractivity contribution in [1.82, 2.24) is 0 Å². The van der Waals surface area contributed by atoms with Crippen molar-refractivity contribution >= 4 is 5.78 Å². The molecule has 0 radical (unpaired) electrons. The van der Waals surface area contributed by atoms with E-state index in [9.17, 15) is 4.79 Å². The zero-order valence-corrected chi connectivity index (χ0v) is 8.92. The molecule has 0 spiro atoms. The summed E-state index contributed by atoms with van der Waals surface area (Å²) in [6, 6.07) is 0. The highest BCUT2D eigenvalue weighted by Gasteiger charge is 2.09. The molecule has 1 atom stereocenters. The van der Waals surface area contributed by atoms with Gasteiger partial charge in [-0.1, -0.05) is 38.7 Å². The van der Waals surface area contributed by atoms with Gasteiger partial charge in [0, 0.05) is 6.42 Å². The fraction of sp³-hybridized carbons (Fsp3) is 0.583. The average molecular weight is 180 g/mol. The highest BCUT2D eigenvalue weighted by atomic mass is 16.1. The molecule has 1 nitrogen and oxygen atoms in total. The van der Waals surface area contributed by atoms with Crippen molar-refractivity contribution in [3.05, 3.63) is 24.8 Å². The van der Waals surface area contributed by atoms with E-state index in [1.165, 1.54) is 0 Å². The van der Waals surface area contributed by atoms with Crippen LogP contribution in [0.1, 0.15) is 33.6 Å². The molecule has 0 aromatic rings. The van der Waals surface area contributed by atoms with Gasteiger partial charge in [0.1, 0.15) is 5.78 Å². The van der Waals surface area contributed by atoms with E-state index in [2.05, 4.69) is 26.5 Å². The van der Waals surface area contributed by atoms with Gasteiger partial charge < -0.3 is 4.79 Å². The molecule has 74 valence electrons. The number of allylic oxidation sites excluding steroid dienone is 3. The predicted octanol–water partition coefficient (Wildman–Crippen LogP) is 3.37. The number of carbonyl (C=O) groups excluding carboxylic acids is 1. The Bertz CT molecular complexity index is 189. The first-order valence-electron chi connectivity index (χ1n) is 4.86. The topological polar surface area (TPSA) is 17.1 Å². The summed E-state index contributed by atoms with van der Waals surface area (Å²) in [5, 5.41) is 0. The third-order valence-corrected chi connectivity index (χ3v) is 2.18. The summed E-state index contributed by atoms with van der Waals surface area (Å²) in [5.41, 5.74) is 0. The van der Waals surface area contributed by atoms with E-state index in [0.29, 0.717) is 18.3 Å².